The maximum Gasteiger partial charge on any atom is 0.326 e. The van der Waals surface area contributed by atoms with E-state index in [9.17, 15) is 9.59 Å². The average molecular weight is 373 g/mol. The van der Waals surface area contributed by atoms with Crippen LogP contribution < -0.4 is 4.80 Å². The molecule has 2 aromatic heterocycles. The zero-order chi connectivity index (χ0) is 18.7. The van der Waals surface area contributed by atoms with Gasteiger partial charge in [0.2, 0.25) is 0 Å². The van der Waals surface area contributed by atoms with Gasteiger partial charge < -0.3 is 13.8 Å². The van der Waals surface area contributed by atoms with E-state index in [1.165, 1.54) is 23.0 Å². The summed E-state index contributed by atoms with van der Waals surface area (Å²) in [6, 6.07) is 7.52. The Morgan fingerprint density at radius 1 is 1.31 bits per heavy atom. The molecule has 3 aromatic rings. The number of rotatable bonds is 5. The minimum absolute atomic E-state index is 0.0106. The van der Waals surface area contributed by atoms with E-state index in [2.05, 4.69) is 17.1 Å². The zero-order valence-corrected chi connectivity index (χ0v) is 15.6. The number of hydrogen-bond donors (Lipinski definition) is 0. The Morgan fingerprint density at radius 3 is 2.77 bits per heavy atom. The van der Waals surface area contributed by atoms with Crippen molar-refractivity contribution in [3.63, 3.8) is 0 Å². The summed E-state index contributed by atoms with van der Waals surface area (Å²) in [6.45, 7) is 5.82. The molecule has 0 aliphatic carbocycles. The van der Waals surface area contributed by atoms with Crippen molar-refractivity contribution in [1.29, 1.82) is 0 Å². The molecule has 0 N–H and O–H groups in total. The van der Waals surface area contributed by atoms with Gasteiger partial charge in [0.15, 0.2) is 10.5 Å². The number of aryl methyl sites for hydroxylation is 2. The van der Waals surface area contributed by atoms with Gasteiger partial charge in [-0.3, -0.25) is 9.59 Å². The zero-order valence-electron chi connectivity index (χ0n) is 14.8. The standard InChI is InChI=1S/C18H19N3O4S/c1-4-12-6-7-14-15(9-12)26-18(21(14)10-16(22)24-5-2)19-17(23)13-8-11(3)25-20-13/h6-9H,4-5,10H2,1-3H3. The van der Waals surface area contributed by atoms with E-state index in [1.54, 1.807) is 18.4 Å². The van der Waals surface area contributed by atoms with Crippen molar-refractivity contribution in [2.75, 3.05) is 6.61 Å². The molecule has 1 aromatic carbocycles. The number of esters is 1. The van der Waals surface area contributed by atoms with Crippen molar-refractivity contribution in [2.24, 2.45) is 4.99 Å². The molecule has 8 heteroatoms. The van der Waals surface area contributed by atoms with Crippen molar-refractivity contribution in [2.45, 2.75) is 33.7 Å². The SMILES string of the molecule is CCOC(=O)Cn1c(=NC(=O)c2cc(C)on2)sc2cc(CC)ccc21. The molecule has 3 rings (SSSR count). The van der Waals surface area contributed by atoms with Gasteiger partial charge in [0.05, 0.1) is 16.8 Å². The van der Waals surface area contributed by atoms with Crippen LogP contribution in [0.15, 0.2) is 33.8 Å². The quantitative estimate of drug-likeness (QED) is 0.642. The molecule has 2 heterocycles. The second-order valence-electron chi connectivity index (χ2n) is 5.67. The molecule has 0 fully saturated rings. The van der Waals surface area contributed by atoms with Gasteiger partial charge in [-0.2, -0.15) is 4.99 Å². The van der Waals surface area contributed by atoms with E-state index >= 15 is 0 Å². The van der Waals surface area contributed by atoms with E-state index in [1.807, 2.05) is 18.2 Å². The van der Waals surface area contributed by atoms with Gasteiger partial charge in [-0.25, -0.2) is 0 Å². The third kappa shape index (κ3) is 3.75. The van der Waals surface area contributed by atoms with E-state index in [0.717, 1.165) is 16.6 Å². The molecule has 1 amide bonds. The van der Waals surface area contributed by atoms with Crippen LogP contribution in [0.4, 0.5) is 0 Å². The van der Waals surface area contributed by atoms with Gasteiger partial charge in [-0.05, 0) is 38.0 Å². The van der Waals surface area contributed by atoms with Crippen LogP contribution in [-0.4, -0.2) is 28.2 Å². The predicted octanol–water partition coefficient (Wildman–Crippen LogP) is 2.87. The summed E-state index contributed by atoms with van der Waals surface area (Å²) >= 11 is 1.35. The fourth-order valence-corrected chi connectivity index (χ4v) is 3.61. The predicted molar refractivity (Wildman–Crippen MR) is 97.0 cm³/mol. The number of amides is 1. The highest BCUT2D eigenvalue weighted by molar-refractivity contribution is 7.16. The molecule has 0 aliphatic heterocycles. The Labute approximate surface area is 153 Å². The first-order valence-corrected chi connectivity index (χ1v) is 9.13. The second kappa shape index (κ2) is 7.65. The normalized spacial score (nSPS) is 11.9. The van der Waals surface area contributed by atoms with Gasteiger partial charge in [0.1, 0.15) is 12.3 Å². The number of benzene rings is 1. The molecule has 0 saturated carbocycles. The van der Waals surface area contributed by atoms with Crippen molar-refractivity contribution in [3.8, 4) is 0 Å². The molecular formula is C18H19N3O4S. The molecule has 136 valence electrons. The maximum absolute atomic E-state index is 12.4. The molecule has 0 unspecified atom stereocenters. The smallest absolute Gasteiger partial charge is 0.326 e. The summed E-state index contributed by atoms with van der Waals surface area (Å²) in [6.07, 6.45) is 0.898. The monoisotopic (exact) mass is 373 g/mol. The Hall–Kier alpha value is -2.74. The van der Waals surface area contributed by atoms with E-state index in [-0.39, 0.29) is 18.2 Å². The highest BCUT2D eigenvalue weighted by Gasteiger charge is 2.15. The molecular weight excluding hydrogens is 354 g/mol. The van der Waals surface area contributed by atoms with Gasteiger partial charge in [-0.1, -0.05) is 29.5 Å². The number of carbonyl (C=O) groups excluding carboxylic acids is 2. The first-order valence-electron chi connectivity index (χ1n) is 8.32. The number of aromatic nitrogens is 2. The first kappa shape index (κ1) is 18.1. The van der Waals surface area contributed by atoms with E-state index < -0.39 is 5.91 Å². The molecule has 0 atom stereocenters. The van der Waals surface area contributed by atoms with Gasteiger partial charge in [-0.15, -0.1) is 0 Å². The van der Waals surface area contributed by atoms with E-state index in [4.69, 9.17) is 9.26 Å². The highest BCUT2D eigenvalue weighted by Crippen LogP contribution is 2.20. The van der Waals surface area contributed by atoms with Crippen LogP contribution in [0.1, 0.15) is 35.7 Å². The summed E-state index contributed by atoms with van der Waals surface area (Å²) in [7, 11) is 0. The number of carbonyl (C=O) groups is 2. The van der Waals surface area contributed by atoms with Crippen LogP contribution in [0, 0.1) is 6.92 Å². The van der Waals surface area contributed by atoms with Crippen LogP contribution in [0.2, 0.25) is 0 Å². The highest BCUT2D eigenvalue weighted by atomic mass is 32.1. The van der Waals surface area contributed by atoms with Gasteiger partial charge in [0.25, 0.3) is 0 Å². The lowest BCUT2D eigenvalue weighted by Gasteiger charge is -2.05. The van der Waals surface area contributed by atoms with Gasteiger partial charge >= 0.3 is 11.9 Å². The Balaban J connectivity index is 2.10. The van der Waals surface area contributed by atoms with Crippen LogP contribution in [0.5, 0.6) is 0 Å². The Kier molecular flexibility index (Phi) is 5.32. The molecule has 0 saturated heterocycles. The number of hydrogen-bond acceptors (Lipinski definition) is 6. The third-order valence-electron chi connectivity index (χ3n) is 3.79. The molecule has 26 heavy (non-hydrogen) atoms. The van der Waals surface area contributed by atoms with Crippen LogP contribution >= 0.6 is 11.3 Å². The molecule has 0 radical (unpaired) electrons. The minimum Gasteiger partial charge on any atom is -0.465 e. The second-order valence-corrected chi connectivity index (χ2v) is 6.68. The summed E-state index contributed by atoms with van der Waals surface area (Å²) < 4.78 is 12.6. The number of nitrogens with zero attached hydrogens (tertiary/aromatic N) is 3. The molecule has 0 bridgehead atoms. The lowest BCUT2D eigenvalue weighted by molar-refractivity contribution is -0.143. The number of ether oxygens (including phenoxy) is 1. The lowest BCUT2D eigenvalue weighted by Crippen LogP contribution is -2.23. The third-order valence-corrected chi connectivity index (χ3v) is 4.83. The van der Waals surface area contributed by atoms with Crippen LogP contribution in [0.25, 0.3) is 10.2 Å². The molecule has 0 aliphatic rings. The Bertz CT molecular complexity index is 1030. The van der Waals surface area contributed by atoms with Crippen molar-refractivity contribution >= 4 is 33.4 Å². The number of fused-ring (bicyclic) bond motifs is 1. The lowest BCUT2D eigenvalue weighted by atomic mass is 10.2. The minimum atomic E-state index is -0.512. The van der Waals surface area contributed by atoms with Crippen molar-refractivity contribution in [1.82, 2.24) is 9.72 Å². The molecule has 0 spiro atoms. The van der Waals surface area contributed by atoms with Crippen LogP contribution in [-0.2, 0) is 22.5 Å². The Morgan fingerprint density at radius 2 is 2.12 bits per heavy atom. The maximum atomic E-state index is 12.4. The van der Waals surface area contributed by atoms with Crippen molar-refractivity contribution < 1.29 is 18.8 Å². The first-order chi connectivity index (χ1) is 12.5. The number of thiazole rings is 1. The van der Waals surface area contributed by atoms with Gasteiger partial charge in [0, 0.05) is 6.07 Å². The summed E-state index contributed by atoms with van der Waals surface area (Å²) in [5.41, 5.74) is 2.15. The fraction of sp³-hybridized carbons (Fsp3) is 0.333. The summed E-state index contributed by atoms with van der Waals surface area (Å²) in [5.74, 6) is -0.355. The topological polar surface area (TPSA) is 86.7 Å². The largest absolute Gasteiger partial charge is 0.465 e. The van der Waals surface area contributed by atoms with E-state index in [0.29, 0.717) is 17.2 Å². The average Bonchev–Trinajstić information content (AvgIpc) is 3.19. The fourth-order valence-electron chi connectivity index (χ4n) is 2.52. The summed E-state index contributed by atoms with van der Waals surface area (Å²) in [5, 5.41) is 3.70. The molecule has 7 nitrogen and oxygen atoms in total. The summed E-state index contributed by atoms with van der Waals surface area (Å²) in [4.78, 5) is 29.0. The van der Waals surface area contributed by atoms with Crippen LogP contribution in [0.3, 0.4) is 0 Å². The van der Waals surface area contributed by atoms with Crippen molar-refractivity contribution in [3.05, 3.63) is 46.1 Å².